The van der Waals surface area contributed by atoms with Gasteiger partial charge in [-0.25, -0.2) is 0 Å². The Morgan fingerprint density at radius 2 is 1.52 bits per heavy atom. The van der Waals surface area contributed by atoms with Crippen LogP contribution in [0.25, 0.3) is 0 Å². The molecule has 21 heavy (non-hydrogen) atoms. The summed E-state index contributed by atoms with van der Waals surface area (Å²) in [5.41, 5.74) is 3.50. The first-order valence-corrected chi connectivity index (χ1v) is 8.90. The average molecular weight is 295 g/mol. The molecule has 0 aliphatic carbocycles. The summed E-state index contributed by atoms with van der Waals surface area (Å²) in [4.78, 5) is 0. The number of aryl methyl sites for hydroxylation is 2. The van der Waals surface area contributed by atoms with Crippen molar-refractivity contribution in [2.75, 3.05) is 12.0 Å². The first kappa shape index (κ1) is 18.0. The summed E-state index contributed by atoms with van der Waals surface area (Å²) < 4.78 is 4.23. The van der Waals surface area contributed by atoms with E-state index in [2.05, 4.69) is 47.6 Å². The van der Waals surface area contributed by atoms with Crippen LogP contribution in [0.3, 0.4) is 0 Å². The first-order chi connectivity index (χ1) is 10.2. The summed E-state index contributed by atoms with van der Waals surface area (Å²) in [5, 5.41) is 4.57. The summed E-state index contributed by atoms with van der Waals surface area (Å²) in [5.74, 6) is 2.26. The van der Waals surface area contributed by atoms with Gasteiger partial charge in [-0.2, -0.15) is 0 Å². The third-order valence-corrected chi connectivity index (χ3v) is 4.02. The van der Waals surface area contributed by atoms with E-state index in [0.29, 0.717) is 0 Å². The number of aromatic nitrogens is 3. The van der Waals surface area contributed by atoms with Crippen molar-refractivity contribution >= 4 is 0 Å². The molecular weight excluding hydrogens is 260 g/mol. The summed E-state index contributed by atoms with van der Waals surface area (Å²) in [6, 6.07) is 0. The maximum atomic E-state index is 4.57. The van der Waals surface area contributed by atoms with E-state index in [9.17, 15) is 0 Å². The Bertz CT molecular complexity index is 384. The molecule has 0 amide bonds. The Morgan fingerprint density at radius 1 is 0.905 bits per heavy atom. The molecule has 0 atom stereocenters. The number of rotatable bonds is 12. The van der Waals surface area contributed by atoms with Crippen LogP contribution < -0.4 is 10.1 Å². The molecule has 0 bridgehead atoms. The van der Waals surface area contributed by atoms with Crippen molar-refractivity contribution in [3.8, 4) is 0 Å². The SMILES string of the molecule is CCCCCCCCCCNn1c(C)n[n+](CCC)c1C. The van der Waals surface area contributed by atoms with E-state index in [1.807, 2.05) is 0 Å². The molecule has 0 aliphatic heterocycles. The molecule has 1 N–H and O–H groups in total. The molecule has 4 nitrogen and oxygen atoms in total. The summed E-state index contributed by atoms with van der Waals surface area (Å²) in [6.07, 6.45) is 12.1. The van der Waals surface area contributed by atoms with Crippen LogP contribution >= 0.6 is 0 Å². The van der Waals surface area contributed by atoms with E-state index < -0.39 is 0 Å². The van der Waals surface area contributed by atoms with Crippen LogP contribution in [0.4, 0.5) is 0 Å². The van der Waals surface area contributed by atoms with Crippen molar-refractivity contribution in [2.45, 2.75) is 92.0 Å². The molecule has 0 unspecified atom stereocenters. The summed E-state index contributed by atoms with van der Waals surface area (Å²) in [6.45, 7) is 10.7. The van der Waals surface area contributed by atoms with Gasteiger partial charge in [0.05, 0.1) is 6.54 Å². The third-order valence-electron chi connectivity index (χ3n) is 4.02. The van der Waals surface area contributed by atoms with E-state index in [1.54, 1.807) is 0 Å². The Morgan fingerprint density at radius 3 is 2.14 bits per heavy atom. The average Bonchev–Trinajstić information content (AvgIpc) is 2.73. The van der Waals surface area contributed by atoms with Crippen LogP contribution in [0, 0.1) is 13.8 Å². The second-order valence-corrected chi connectivity index (χ2v) is 6.04. The number of nitrogens with zero attached hydrogens (tertiary/aromatic N) is 3. The number of hydrogen-bond donors (Lipinski definition) is 1. The van der Waals surface area contributed by atoms with Crippen molar-refractivity contribution in [1.29, 1.82) is 0 Å². The van der Waals surface area contributed by atoms with E-state index >= 15 is 0 Å². The Balaban J connectivity index is 2.15. The zero-order valence-electron chi connectivity index (χ0n) is 14.6. The molecule has 122 valence electrons. The molecule has 1 aromatic rings. The molecule has 4 heteroatoms. The molecule has 0 aromatic carbocycles. The highest BCUT2D eigenvalue weighted by Gasteiger charge is 2.17. The fourth-order valence-electron chi connectivity index (χ4n) is 2.74. The van der Waals surface area contributed by atoms with Crippen LogP contribution in [-0.4, -0.2) is 16.3 Å². The Kier molecular flexibility index (Phi) is 9.11. The predicted molar refractivity (Wildman–Crippen MR) is 89.0 cm³/mol. The lowest BCUT2D eigenvalue weighted by atomic mass is 10.1. The van der Waals surface area contributed by atoms with E-state index in [1.165, 1.54) is 57.2 Å². The van der Waals surface area contributed by atoms with Gasteiger partial charge in [0.1, 0.15) is 6.54 Å². The lowest BCUT2D eigenvalue weighted by Crippen LogP contribution is -2.39. The Hall–Kier alpha value is -1.06. The van der Waals surface area contributed by atoms with Gasteiger partial charge in [-0.1, -0.05) is 58.8 Å². The number of unbranched alkanes of at least 4 members (excludes halogenated alkanes) is 7. The summed E-state index contributed by atoms with van der Waals surface area (Å²) in [7, 11) is 0. The smallest absolute Gasteiger partial charge is 0.254 e. The van der Waals surface area contributed by atoms with Crippen LogP contribution in [0.1, 0.15) is 83.3 Å². The Labute approximate surface area is 130 Å². The van der Waals surface area contributed by atoms with Gasteiger partial charge in [0.25, 0.3) is 11.6 Å². The molecule has 1 heterocycles. The highest BCUT2D eigenvalue weighted by Crippen LogP contribution is 2.08. The van der Waals surface area contributed by atoms with Gasteiger partial charge in [-0.05, 0) is 17.9 Å². The van der Waals surface area contributed by atoms with Crippen molar-refractivity contribution in [2.24, 2.45) is 0 Å². The first-order valence-electron chi connectivity index (χ1n) is 8.90. The van der Waals surface area contributed by atoms with Gasteiger partial charge in [0, 0.05) is 13.8 Å². The van der Waals surface area contributed by atoms with Gasteiger partial charge in [0.15, 0.2) is 0 Å². The topological polar surface area (TPSA) is 33.7 Å². The zero-order chi connectivity index (χ0) is 15.5. The number of hydrogen-bond acceptors (Lipinski definition) is 2. The highest BCUT2D eigenvalue weighted by atomic mass is 15.5. The standard InChI is InChI=1S/C17H35N4/c1-5-7-8-9-10-11-12-13-14-18-21-16(3)19-20(15-6-2)17(21)4/h18H,5-15H2,1-4H3/q+1. The van der Waals surface area contributed by atoms with Crippen molar-refractivity contribution in [3.05, 3.63) is 11.6 Å². The molecule has 1 aromatic heterocycles. The lowest BCUT2D eigenvalue weighted by Gasteiger charge is -2.04. The highest BCUT2D eigenvalue weighted by molar-refractivity contribution is 4.90. The second kappa shape index (κ2) is 10.6. The predicted octanol–water partition coefficient (Wildman–Crippen LogP) is 3.88. The van der Waals surface area contributed by atoms with Gasteiger partial charge in [-0.15, -0.1) is 9.36 Å². The maximum Gasteiger partial charge on any atom is 0.298 e. The van der Waals surface area contributed by atoms with Crippen molar-refractivity contribution in [3.63, 3.8) is 0 Å². The van der Waals surface area contributed by atoms with Gasteiger partial charge in [0.2, 0.25) is 0 Å². The minimum Gasteiger partial charge on any atom is -0.254 e. The van der Waals surface area contributed by atoms with Crippen LogP contribution in [0.15, 0.2) is 0 Å². The van der Waals surface area contributed by atoms with E-state index in [4.69, 9.17) is 0 Å². The van der Waals surface area contributed by atoms with Gasteiger partial charge in [-0.3, -0.25) is 5.43 Å². The quantitative estimate of drug-likeness (QED) is 0.469. The number of nitrogens with one attached hydrogen (secondary N) is 1. The fourth-order valence-corrected chi connectivity index (χ4v) is 2.74. The monoisotopic (exact) mass is 295 g/mol. The molecule has 0 saturated heterocycles. The molecule has 0 spiro atoms. The largest absolute Gasteiger partial charge is 0.298 e. The molecule has 0 saturated carbocycles. The minimum atomic E-state index is 0.999. The second-order valence-electron chi connectivity index (χ2n) is 6.04. The van der Waals surface area contributed by atoms with E-state index in [-0.39, 0.29) is 0 Å². The lowest BCUT2D eigenvalue weighted by molar-refractivity contribution is -0.757. The fraction of sp³-hybridized carbons (Fsp3) is 0.882. The molecular formula is C17H35N4+. The third kappa shape index (κ3) is 6.49. The molecule has 1 rings (SSSR count). The van der Waals surface area contributed by atoms with Crippen molar-refractivity contribution < 1.29 is 4.68 Å². The molecule has 0 fully saturated rings. The van der Waals surface area contributed by atoms with Crippen LogP contribution in [0.5, 0.6) is 0 Å². The summed E-state index contributed by atoms with van der Waals surface area (Å²) >= 11 is 0. The maximum absolute atomic E-state index is 4.57. The van der Waals surface area contributed by atoms with Crippen LogP contribution in [-0.2, 0) is 6.54 Å². The van der Waals surface area contributed by atoms with Crippen LogP contribution in [0.2, 0.25) is 0 Å². The van der Waals surface area contributed by atoms with Gasteiger partial charge < -0.3 is 0 Å². The molecule has 0 radical (unpaired) electrons. The van der Waals surface area contributed by atoms with Gasteiger partial charge >= 0.3 is 0 Å². The zero-order valence-corrected chi connectivity index (χ0v) is 14.6. The normalized spacial score (nSPS) is 11.0. The minimum absolute atomic E-state index is 0.999. The van der Waals surface area contributed by atoms with E-state index in [0.717, 1.165) is 25.3 Å². The molecule has 0 aliphatic rings. The van der Waals surface area contributed by atoms with Crippen molar-refractivity contribution in [1.82, 2.24) is 9.77 Å².